The second kappa shape index (κ2) is 12.7. The summed E-state index contributed by atoms with van der Waals surface area (Å²) in [6, 6.07) is 0. The van der Waals surface area contributed by atoms with Crippen LogP contribution in [0.25, 0.3) is 0 Å². The number of aliphatic imine (C=N–C) groups is 1. The molecule has 0 aromatic heterocycles. The molecule has 0 aromatic carbocycles. The SMILES string of the molecule is CN=C(NCCCOCC1CC1)NCC1CCCN(C(=O)OC(C)(C)C)C1.I. The number of carbonyl (C=O) groups excluding carboxylic acids is 1. The maximum Gasteiger partial charge on any atom is 0.410 e. The molecule has 0 aromatic rings. The van der Waals surface area contributed by atoms with Crippen LogP contribution in [0.3, 0.4) is 0 Å². The zero-order chi connectivity index (χ0) is 19.7. The van der Waals surface area contributed by atoms with E-state index in [1.165, 1.54) is 12.8 Å². The van der Waals surface area contributed by atoms with Crippen LogP contribution < -0.4 is 10.6 Å². The Hall–Kier alpha value is -0.770. The molecule has 1 saturated carbocycles. The fourth-order valence-electron chi connectivity index (χ4n) is 3.10. The number of halogens is 1. The molecule has 1 atom stereocenters. The van der Waals surface area contributed by atoms with Gasteiger partial charge in [-0.3, -0.25) is 4.99 Å². The highest BCUT2D eigenvalue weighted by atomic mass is 127. The Bertz CT molecular complexity index is 492. The van der Waals surface area contributed by atoms with E-state index in [9.17, 15) is 4.79 Å². The van der Waals surface area contributed by atoms with E-state index >= 15 is 0 Å². The monoisotopic (exact) mass is 510 g/mol. The summed E-state index contributed by atoms with van der Waals surface area (Å²) in [5, 5.41) is 6.72. The fourth-order valence-corrected chi connectivity index (χ4v) is 3.10. The lowest BCUT2D eigenvalue weighted by Crippen LogP contribution is -2.47. The van der Waals surface area contributed by atoms with E-state index in [1.807, 2.05) is 25.7 Å². The van der Waals surface area contributed by atoms with Gasteiger partial charge >= 0.3 is 6.09 Å². The number of hydrogen-bond acceptors (Lipinski definition) is 4. The maximum absolute atomic E-state index is 12.3. The van der Waals surface area contributed by atoms with Gasteiger partial charge in [-0.05, 0) is 64.7 Å². The third kappa shape index (κ3) is 10.7. The lowest BCUT2D eigenvalue weighted by Gasteiger charge is -2.34. The molecule has 1 heterocycles. The summed E-state index contributed by atoms with van der Waals surface area (Å²) in [4.78, 5) is 18.4. The fraction of sp³-hybridized carbons (Fsp3) is 0.900. The minimum atomic E-state index is -0.448. The maximum atomic E-state index is 12.3. The van der Waals surface area contributed by atoms with Crippen molar-refractivity contribution >= 4 is 36.0 Å². The molecule has 2 fully saturated rings. The largest absolute Gasteiger partial charge is 0.444 e. The summed E-state index contributed by atoms with van der Waals surface area (Å²) < 4.78 is 11.1. The predicted octanol–water partition coefficient (Wildman–Crippen LogP) is 3.23. The molecule has 1 saturated heterocycles. The number of amides is 1. The van der Waals surface area contributed by atoms with Gasteiger partial charge in [-0.25, -0.2) is 4.79 Å². The first-order valence-corrected chi connectivity index (χ1v) is 10.4. The van der Waals surface area contributed by atoms with Gasteiger partial charge in [-0.1, -0.05) is 0 Å². The van der Waals surface area contributed by atoms with Crippen molar-refractivity contribution in [1.82, 2.24) is 15.5 Å². The third-order valence-electron chi connectivity index (χ3n) is 4.76. The number of carbonyl (C=O) groups is 1. The average molecular weight is 510 g/mol. The van der Waals surface area contributed by atoms with Gasteiger partial charge in [0.05, 0.1) is 0 Å². The number of likely N-dealkylation sites (tertiary alicyclic amines) is 1. The van der Waals surface area contributed by atoms with Crippen molar-refractivity contribution in [2.75, 3.05) is 46.4 Å². The molecule has 28 heavy (non-hydrogen) atoms. The van der Waals surface area contributed by atoms with Gasteiger partial charge in [0.1, 0.15) is 5.60 Å². The van der Waals surface area contributed by atoms with Crippen LogP contribution in [-0.2, 0) is 9.47 Å². The molecule has 0 radical (unpaired) electrons. The number of ether oxygens (including phenoxy) is 2. The van der Waals surface area contributed by atoms with Crippen LogP contribution in [0.2, 0.25) is 0 Å². The van der Waals surface area contributed by atoms with Gasteiger partial charge < -0.3 is 25.0 Å². The van der Waals surface area contributed by atoms with Gasteiger partial charge in [0, 0.05) is 46.4 Å². The summed E-state index contributed by atoms with van der Waals surface area (Å²) in [5.74, 6) is 2.04. The van der Waals surface area contributed by atoms with E-state index in [4.69, 9.17) is 9.47 Å². The molecule has 2 rings (SSSR count). The molecule has 0 bridgehead atoms. The van der Waals surface area contributed by atoms with Crippen molar-refractivity contribution in [3.63, 3.8) is 0 Å². The van der Waals surface area contributed by atoms with Crippen LogP contribution in [0.5, 0.6) is 0 Å². The summed E-state index contributed by atoms with van der Waals surface area (Å²) in [6.07, 6.45) is 5.56. The molecule has 1 aliphatic heterocycles. The van der Waals surface area contributed by atoms with Crippen LogP contribution in [0.1, 0.15) is 52.9 Å². The average Bonchev–Trinajstić information content (AvgIpc) is 3.43. The molecule has 2 N–H and O–H groups in total. The lowest BCUT2D eigenvalue weighted by molar-refractivity contribution is 0.0168. The highest BCUT2D eigenvalue weighted by Crippen LogP contribution is 2.28. The van der Waals surface area contributed by atoms with Crippen LogP contribution in [-0.4, -0.2) is 69.0 Å². The third-order valence-corrected chi connectivity index (χ3v) is 4.76. The molecular formula is C20H39IN4O3. The molecule has 1 aliphatic carbocycles. The Kier molecular flexibility index (Phi) is 11.5. The Morgan fingerprint density at radius 3 is 2.57 bits per heavy atom. The number of nitrogens with one attached hydrogen (secondary N) is 2. The predicted molar refractivity (Wildman–Crippen MR) is 123 cm³/mol. The molecule has 1 amide bonds. The van der Waals surface area contributed by atoms with E-state index in [0.717, 1.165) is 70.5 Å². The highest BCUT2D eigenvalue weighted by Gasteiger charge is 2.27. The van der Waals surface area contributed by atoms with Crippen molar-refractivity contribution in [3.05, 3.63) is 0 Å². The molecule has 7 nitrogen and oxygen atoms in total. The van der Waals surface area contributed by atoms with E-state index in [2.05, 4.69) is 15.6 Å². The van der Waals surface area contributed by atoms with Gasteiger partial charge in [0.2, 0.25) is 0 Å². The van der Waals surface area contributed by atoms with Gasteiger partial charge in [-0.15, -0.1) is 24.0 Å². The van der Waals surface area contributed by atoms with Gasteiger partial charge in [-0.2, -0.15) is 0 Å². The Morgan fingerprint density at radius 2 is 1.93 bits per heavy atom. The lowest BCUT2D eigenvalue weighted by atomic mass is 9.98. The normalized spacial score (nSPS) is 20.4. The second-order valence-electron chi connectivity index (χ2n) is 8.69. The Labute approximate surface area is 187 Å². The Morgan fingerprint density at radius 1 is 1.18 bits per heavy atom. The van der Waals surface area contributed by atoms with E-state index in [1.54, 1.807) is 7.05 Å². The van der Waals surface area contributed by atoms with Gasteiger partial charge in [0.25, 0.3) is 0 Å². The van der Waals surface area contributed by atoms with E-state index < -0.39 is 5.60 Å². The smallest absolute Gasteiger partial charge is 0.410 e. The molecule has 0 spiro atoms. The van der Waals surface area contributed by atoms with Crippen LogP contribution in [0, 0.1) is 11.8 Å². The second-order valence-corrected chi connectivity index (χ2v) is 8.69. The molecule has 8 heteroatoms. The first-order chi connectivity index (χ1) is 12.9. The minimum Gasteiger partial charge on any atom is -0.444 e. The first kappa shape index (κ1) is 25.3. The topological polar surface area (TPSA) is 75.2 Å². The number of hydrogen-bond donors (Lipinski definition) is 2. The number of rotatable bonds is 8. The van der Waals surface area contributed by atoms with Crippen molar-refractivity contribution in [2.24, 2.45) is 16.8 Å². The van der Waals surface area contributed by atoms with Crippen LogP contribution in [0.15, 0.2) is 4.99 Å². The molecule has 1 unspecified atom stereocenters. The molecular weight excluding hydrogens is 471 g/mol. The van der Waals surface area contributed by atoms with Crippen molar-refractivity contribution in [2.45, 2.75) is 58.5 Å². The zero-order valence-electron chi connectivity index (χ0n) is 18.0. The number of nitrogens with zero attached hydrogens (tertiary/aromatic N) is 2. The summed E-state index contributed by atoms with van der Waals surface area (Å²) in [5.41, 5.74) is -0.448. The Balaban J connectivity index is 0.00000392. The highest BCUT2D eigenvalue weighted by molar-refractivity contribution is 14.0. The van der Waals surface area contributed by atoms with Gasteiger partial charge in [0.15, 0.2) is 5.96 Å². The van der Waals surface area contributed by atoms with E-state index in [-0.39, 0.29) is 30.1 Å². The molecule has 164 valence electrons. The van der Waals surface area contributed by atoms with Crippen LogP contribution in [0.4, 0.5) is 4.79 Å². The molecule has 2 aliphatic rings. The first-order valence-electron chi connectivity index (χ1n) is 10.4. The summed E-state index contributed by atoms with van der Waals surface area (Å²) >= 11 is 0. The van der Waals surface area contributed by atoms with Crippen molar-refractivity contribution in [3.8, 4) is 0 Å². The van der Waals surface area contributed by atoms with Crippen molar-refractivity contribution < 1.29 is 14.3 Å². The number of piperidine rings is 1. The zero-order valence-corrected chi connectivity index (χ0v) is 20.3. The summed E-state index contributed by atoms with van der Waals surface area (Å²) in [6.45, 7) is 10.6. The van der Waals surface area contributed by atoms with Crippen molar-refractivity contribution in [1.29, 1.82) is 0 Å². The van der Waals surface area contributed by atoms with Crippen LogP contribution >= 0.6 is 24.0 Å². The minimum absolute atomic E-state index is 0. The standard InChI is InChI=1S/C20H38N4O3.HI/c1-20(2,3)27-19(25)24-11-5-7-17(14-24)13-23-18(21-4)22-10-6-12-26-15-16-8-9-16;/h16-17H,5-15H2,1-4H3,(H2,21,22,23);1H. The number of guanidine groups is 1. The quantitative estimate of drug-likeness (QED) is 0.227. The summed E-state index contributed by atoms with van der Waals surface area (Å²) in [7, 11) is 1.78. The van der Waals surface area contributed by atoms with E-state index in [0.29, 0.717) is 5.92 Å².